The third kappa shape index (κ3) is 2.65. The molecule has 7 heteroatoms. The van der Waals surface area contributed by atoms with Gasteiger partial charge in [0.05, 0.1) is 5.69 Å². The number of thiocarbonyl (C=S) groups is 1. The Labute approximate surface area is 108 Å². The van der Waals surface area contributed by atoms with Crippen LogP contribution in [0.25, 0.3) is 0 Å². The molecule has 2 rings (SSSR count). The number of hydrogen-bond acceptors (Lipinski definition) is 4. The Bertz CT molecular complexity index is 539. The lowest BCUT2D eigenvalue weighted by atomic mass is 10.2. The van der Waals surface area contributed by atoms with Gasteiger partial charge in [-0.15, -0.1) is 0 Å². The molecule has 1 unspecified atom stereocenters. The zero-order valence-corrected chi connectivity index (χ0v) is 10.6. The first-order valence-electron chi connectivity index (χ1n) is 5.32. The van der Waals surface area contributed by atoms with Gasteiger partial charge in [-0.25, -0.2) is 4.79 Å². The maximum absolute atomic E-state index is 11.3. The first kappa shape index (κ1) is 12.5. The molecule has 0 amide bonds. The highest BCUT2D eigenvalue weighted by atomic mass is 35.5. The van der Waals surface area contributed by atoms with Crippen molar-refractivity contribution in [3.05, 3.63) is 31.6 Å². The highest BCUT2D eigenvalue weighted by Gasteiger charge is 2.23. The van der Waals surface area contributed by atoms with Crippen molar-refractivity contribution in [2.75, 3.05) is 6.54 Å². The first-order valence-corrected chi connectivity index (χ1v) is 6.17. The number of rotatable bonds is 3. The van der Waals surface area contributed by atoms with E-state index in [1.54, 1.807) is 5.37 Å². The molecule has 0 aromatic carbocycles. The molecule has 17 heavy (non-hydrogen) atoms. The van der Waals surface area contributed by atoms with Gasteiger partial charge >= 0.3 is 5.69 Å². The van der Waals surface area contributed by atoms with Gasteiger partial charge in [0.15, 0.2) is 0 Å². The van der Waals surface area contributed by atoms with Gasteiger partial charge in [0.1, 0.15) is 5.02 Å². The van der Waals surface area contributed by atoms with Crippen molar-refractivity contribution in [1.29, 1.82) is 0 Å². The van der Waals surface area contributed by atoms with E-state index in [2.05, 4.69) is 14.9 Å². The van der Waals surface area contributed by atoms with Crippen LogP contribution >= 0.6 is 23.8 Å². The van der Waals surface area contributed by atoms with Crippen LogP contribution in [0.15, 0.2) is 9.59 Å². The number of likely N-dealkylation sites (tertiary alicyclic amines) is 1. The van der Waals surface area contributed by atoms with Gasteiger partial charge in [-0.05, 0) is 24.8 Å². The Morgan fingerprint density at radius 2 is 2.24 bits per heavy atom. The summed E-state index contributed by atoms with van der Waals surface area (Å²) in [5.41, 5.74) is -0.639. The summed E-state index contributed by atoms with van der Waals surface area (Å²) in [5.74, 6) is 0. The van der Waals surface area contributed by atoms with Gasteiger partial charge in [-0.2, -0.15) is 0 Å². The van der Waals surface area contributed by atoms with E-state index >= 15 is 0 Å². The Morgan fingerprint density at radius 1 is 1.47 bits per heavy atom. The second-order valence-corrected chi connectivity index (χ2v) is 4.67. The van der Waals surface area contributed by atoms with Crippen molar-refractivity contribution >= 4 is 29.2 Å². The predicted molar refractivity (Wildman–Crippen MR) is 69.8 cm³/mol. The van der Waals surface area contributed by atoms with Crippen molar-refractivity contribution in [3.8, 4) is 0 Å². The molecule has 1 saturated heterocycles. The van der Waals surface area contributed by atoms with Crippen molar-refractivity contribution in [3.63, 3.8) is 0 Å². The van der Waals surface area contributed by atoms with E-state index in [1.165, 1.54) is 0 Å². The third-order valence-corrected chi connectivity index (χ3v) is 3.60. The fourth-order valence-corrected chi connectivity index (χ4v) is 2.50. The summed E-state index contributed by atoms with van der Waals surface area (Å²) in [4.78, 5) is 29.2. The highest BCUT2D eigenvalue weighted by Crippen LogP contribution is 2.19. The number of H-pyrrole nitrogens is 2. The van der Waals surface area contributed by atoms with E-state index in [4.69, 9.17) is 23.8 Å². The molecule has 0 aliphatic carbocycles. The van der Waals surface area contributed by atoms with Gasteiger partial charge < -0.3 is 4.98 Å². The number of nitrogens with one attached hydrogen (secondary N) is 2. The minimum atomic E-state index is -0.552. The second kappa shape index (κ2) is 5.12. The van der Waals surface area contributed by atoms with Gasteiger partial charge in [-0.1, -0.05) is 23.8 Å². The van der Waals surface area contributed by atoms with Crippen molar-refractivity contribution in [2.24, 2.45) is 0 Å². The van der Waals surface area contributed by atoms with Crippen molar-refractivity contribution in [2.45, 2.75) is 25.4 Å². The zero-order valence-electron chi connectivity index (χ0n) is 9.03. The van der Waals surface area contributed by atoms with E-state index in [0.29, 0.717) is 12.2 Å². The molecule has 0 saturated carbocycles. The summed E-state index contributed by atoms with van der Waals surface area (Å²) in [6.45, 7) is 1.33. The molecule has 5 nitrogen and oxygen atoms in total. The fourth-order valence-electron chi connectivity index (χ4n) is 2.03. The van der Waals surface area contributed by atoms with Crippen LogP contribution in [0.4, 0.5) is 0 Å². The summed E-state index contributed by atoms with van der Waals surface area (Å²) in [5, 5.41) is 1.76. The smallest absolute Gasteiger partial charge is 0.308 e. The average molecular weight is 274 g/mol. The molecule has 2 N–H and O–H groups in total. The highest BCUT2D eigenvalue weighted by molar-refractivity contribution is 7.79. The van der Waals surface area contributed by atoms with Gasteiger partial charge in [0.2, 0.25) is 0 Å². The molecule has 1 aromatic heterocycles. The fraction of sp³-hybridized carbons (Fsp3) is 0.500. The largest absolute Gasteiger partial charge is 0.326 e. The molecular formula is C10H12ClN3O2S. The van der Waals surface area contributed by atoms with E-state index in [-0.39, 0.29) is 11.1 Å². The van der Waals surface area contributed by atoms with E-state index in [1.807, 2.05) is 0 Å². The minimum absolute atomic E-state index is 0.0413. The zero-order chi connectivity index (χ0) is 12.4. The van der Waals surface area contributed by atoms with Crippen LogP contribution in [-0.4, -0.2) is 32.8 Å². The van der Waals surface area contributed by atoms with Crippen molar-refractivity contribution in [1.82, 2.24) is 14.9 Å². The Morgan fingerprint density at radius 3 is 2.94 bits per heavy atom. The summed E-state index contributed by atoms with van der Waals surface area (Å²) >= 11 is 10.8. The lowest BCUT2D eigenvalue weighted by Gasteiger charge is -2.20. The van der Waals surface area contributed by atoms with Crippen LogP contribution in [0.1, 0.15) is 18.5 Å². The van der Waals surface area contributed by atoms with E-state index in [9.17, 15) is 9.59 Å². The Kier molecular flexibility index (Phi) is 3.76. The summed E-state index contributed by atoms with van der Waals surface area (Å²) in [6.07, 6.45) is 2.07. The maximum Gasteiger partial charge on any atom is 0.326 e. The van der Waals surface area contributed by atoms with Crippen LogP contribution in [0.3, 0.4) is 0 Å². The standard InChI is InChI=1S/C10H12ClN3O2S/c11-8-7(12-10(16)13-9(8)15)4-14-3-1-2-6(14)5-17/h5-6H,1-4H2,(H2,12,13,15,16). The SMILES string of the molecule is O=c1[nH]c(CN2CCCC2C=S)c(Cl)c(=O)[nH]1. The lowest BCUT2D eigenvalue weighted by molar-refractivity contribution is 0.295. The van der Waals surface area contributed by atoms with Crippen LogP contribution in [0, 0.1) is 0 Å². The van der Waals surface area contributed by atoms with E-state index < -0.39 is 11.2 Å². The monoisotopic (exact) mass is 273 g/mol. The molecule has 1 atom stereocenters. The molecule has 0 bridgehead atoms. The molecule has 0 spiro atoms. The van der Waals surface area contributed by atoms with Gasteiger partial charge in [0, 0.05) is 12.6 Å². The maximum atomic E-state index is 11.3. The van der Waals surface area contributed by atoms with Crippen LogP contribution in [0.5, 0.6) is 0 Å². The first-order chi connectivity index (χ1) is 8.11. The second-order valence-electron chi connectivity index (χ2n) is 4.02. The van der Waals surface area contributed by atoms with E-state index in [0.717, 1.165) is 19.4 Å². The molecule has 92 valence electrons. The molecule has 1 aliphatic heterocycles. The van der Waals surface area contributed by atoms with Crippen LogP contribution < -0.4 is 11.2 Å². The van der Waals surface area contributed by atoms with Crippen LogP contribution in [0.2, 0.25) is 5.02 Å². The number of aromatic amines is 2. The lowest BCUT2D eigenvalue weighted by Crippen LogP contribution is -2.33. The minimum Gasteiger partial charge on any atom is -0.308 e. The Balaban J connectivity index is 2.27. The van der Waals surface area contributed by atoms with Gasteiger partial charge in [0.25, 0.3) is 5.56 Å². The van der Waals surface area contributed by atoms with Crippen LogP contribution in [-0.2, 0) is 6.54 Å². The van der Waals surface area contributed by atoms with Gasteiger partial charge in [-0.3, -0.25) is 14.7 Å². The number of hydrogen-bond donors (Lipinski definition) is 2. The molecule has 0 radical (unpaired) electrons. The predicted octanol–water partition coefficient (Wildman–Crippen LogP) is 0.681. The molecule has 1 aliphatic rings. The summed E-state index contributed by atoms with van der Waals surface area (Å²) in [7, 11) is 0. The molecule has 2 heterocycles. The third-order valence-electron chi connectivity index (χ3n) is 2.89. The molecule has 1 aromatic rings. The quantitative estimate of drug-likeness (QED) is 0.795. The Hall–Kier alpha value is -0.980. The number of halogens is 1. The number of nitrogens with zero attached hydrogens (tertiary/aromatic N) is 1. The normalized spacial score (nSPS) is 20.6. The molecule has 1 fully saturated rings. The molecular weight excluding hydrogens is 262 g/mol. The summed E-state index contributed by atoms with van der Waals surface area (Å²) < 4.78 is 0. The van der Waals surface area contributed by atoms with Crippen molar-refractivity contribution < 1.29 is 0 Å². The average Bonchev–Trinajstić information content (AvgIpc) is 2.72. The summed E-state index contributed by atoms with van der Waals surface area (Å²) in [6, 6.07) is 0.212. The number of aromatic nitrogens is 2. The topological polar surface area (TPSA) is 69.0 Å².